The minimum absolute atomic E-state index is 0.103. The van der Waals surface area contributed by atoms with Gasteiger partial charge in [-0.25, -0.2) is 9.67 Å². The molecule has 0 saturated carbocycles. The Morgan fingerprint density at radius 2 is 1.79 bits per heavy atom. The molecular formula is C20H19Cl2N5O2. The van der Waals surface area contributed by atoms with Crippen LogP contribution in [0.5, 0.6) is 0 Å². The highest BCUT2D eigenvalue weighted by Gasteiger charge is 2.27. The van der Waals surface area contributed by atoms with Crippen LogP contribution in [0.25, 0.3) is 5.69 Å². The summed E-state index contributed by atoms with van der Waals surface area (Å²) in [5.41, 5.74) is 1.43. The van der Waals surface area contributed by atoms with E-state index in [0.29, 0.717) is 15.7 Å². The molecule has 1 aliphatic heterocycles. The number of rotatable bonds is 5. The van der Waals surface area contributed by atoms with Gasteiger partial charge >= 0.3 is 5.97 Å². The van der Waals surface area contributed by atoms with E-state index in [1.54, 1.807) is 29.2 Å². The summed E-state index contributed by atoms with van der Waals surface area (Å²) >= 11 is 11.8. The largest absolute Gasteiger partial charge is 0.459 e. The number of aromatic nitrogens is 4. The number of benzene rings is 1. The van der Waals surface area contributed by atoms with Gasteiger partial charge in [0.2, 0.25) is 0 Å². The van der Waals surface area contributed by atoms with Gasteiger partial charge < -0.3 is 9.64 Å². The maximum atomic E-state index is 12.4. The van der Waals surface area contributed by atoms with Crippen LogP contribution in [-0.4, -0.2) is 39.0 Å². The molecular weight excluding hydrogens is 413 g/mol. The molecule has 0 aliphatic carbocycles. The number of ether oxygens (including phenoxy) is 1. The van der Waals surface area contributed by atoms with Gasteiger partial charge in [-0.3, -0.25) is 4.79 Å². The first-order valence-corrected chi connectivity index (χ1v) is 10.0. The Morgan fingerprint density at radius 1 is 1.07 bits per heavy atom. The maximum Gasteiger partial charge on any atom is 0.309 e. The molecule has 0 radical (unpaired) electrons. The van der Waals surface area contributed by atoms with Crippen molar-refractivity contribution in [3.63, 3.8) is 0 Å². The van der Waals surface area contributed by atoms with Gasteiger partial charge in [-0.1, -0.05) is 28.4 Å². The van der Waals surface area contributed by atoms with E-state index < -0.39 is 0 Å². The van der Waals surface area contributed by atoms with E-state index in [1.165, 1.54) is 0 Å². The van der Waals surface area contributed by atoms with Crippen molar-refractivity contribution < 1.29 is 9.53 Å². The number of pyridine rings is 1. The fourth-order valence-electron chi connectivity index (χ4n) is 3.25. The molecule has 7 nitrogen and oxygen atoms in total. The SMILES string of the molecule is O=C(OCc1cn(-c2ccc(Cl)cc2)nn1)C1CCN(c2ccc(Cl)cn2)CC1. The van der Waals surface area contributed by atoms with E-state index in [0.717, 1.165) is 37.4 Å². The van der Waals surface area contributed by atoms with E-state index >= 15 is 0 Å². The van der Waals surface area contributed by atoms with Crippen molar-refractivity contribution in [1.29, 1.82) is 0 Å². The van der Waals surface area contributed by atoms with Gasteiger partial charge in [-0.05, 0) is 49.2 Å². The van der Waals surface area contributed by atoms with Crippen LogP contribution in [0, 0.1) is 5.92 Å². The average molecular weight is 432 g/mol. The highest BCUT2D eigenvalue weighted by Crippen LogP contribution is 2.24. The van der Waals surface area contributed by atoms with E-state index in [4.69, 9.17) is 27.9 Å². The summed E-state index contributed by atoms with van der Waals surface area (Å²) in [6, 6.07) is 11.0. The molecule has 0 unspecified atom stereocenters. The highest BCUT2D eigenvalue weighted by molar-refractivity contribution is 6.30. The van der Waals surface area contributed by atoms with Gasteiger partial charge in [0.25, 0.3) is 0 Å². The molecule has 0 amide bonds. The number of carbonyl (C=O) groups is 1. The van der Waals surface area contributed by atoms with E-state index in [1.807, 2.05) is 24.3 Å². The lowest BCUT2D eigenvalue weighted by Crippen LogP contribution is -2.37. The Bertz CT molecular complexity index is 967. The van der Waals surface area contributed by atoms with Gasteiger partial charge in [0.1, 0.15) is 18.1 Å². The number of anilines is 1. The molecule has 3 aromatic rings. The van der Waals surface area contributed by atoms with Crippen LogP contribution < -0.4 is 4.90 Å². The number of piperidine rings is 1. The molecule has 2 aromatic heterocycles. The molecule has 4 rings (SSSR count). The fraction of sp³-hybridized carbons (Fsp3) is 0.300. The summed E-state index contributed by atoms with van der Waals surface area (Å²) in [6.45, 7) is 1.60. The number of hydrogen-bond acceptors (Lipinski definition) is 6. The van der Waals surface area contributed by atoms with E-state index in [9.17, 15) is 4.79 Å². The number of hydrogen-bond donors (Lipinski definition) is 0. The Labute approximate surface area is 178 Å². The van der Waals surface area contributed by atoms with Gasteiger partial charge in [0, 0.05) is 24.3 Å². The van der Waals surface area contributed by atoms with Crippen LogP contribution in [0.4, 0.5) is 5.82 Å². The van der Waals surface area contributed by atoms with Crippen molar-refractivity contribution >= 4 is 35.0 Å². The van der Waals surface area contributed by atoms with Crippen LogP contribution in [0.1, 0.15) is 18.5 Å². The summed E-state index contributed by atoms with van der Waals surface area (Å²) in [5.74, 6) is 0.555. The van der Waals surface area contributed by atoms with Gasteiger partial charge in [0.05, 0.1) is 22.8 Å². The molecule has 29 heavy (non-hydrogen) atoms. The van der Waals surface area contributed by atoms with E-state index in [-0.39, 0.29) is 18.5 Å². The minimum Gasteiger partial charge on any atom is -0.459 e. The topological polar surface area (TPSA) is 73.1 Å². The van der Waals surface area contributed by atoms with Crippen molar-refractivity contribution in [2.24, 2.45) is 5.92 Å². The smallest absolute Gasteiger partial charge is 0.309 e. The second-order valence-corrected chi connectivity index (χ2v) is 7.71. The Kier molecular flexibility index (Phi) is 5.97. The van der Waals surface area contributed by atoms with Crippen LogP contribution >= 0.6 is 23.2 Å². The summed E-state index contributed by atoms with van der Waals surface area (Å²) in [4.78, 5) is 18.9. The lowest BCUT2D eigenvalue weighted by Gasteiger charge is -2.31. The van der Waals surface area contributed by atoms with Gasteiger partial charge in [0.15, 0.2) is 0 Å². The average Bonchev–Trinajstić information content (AvgIpc) is 3.22. The molecule has 1 aromatic carbocycles. The summed E-state index contributed by atoms with van der Waals surface area (Å²) in [5, 5.41) is 9.40. The van der Waals surface area contributed by atoms with Crippen molar-refractivity contribution in [1.82, 2.24) is 20.0 Å². The number of halogens is 2. The number of nitrogens with zero attached hydrogens (tertiary/aromatic N) is 5. The zero-order chi connectivity index (χ0) is 20.2. The molecule has 3 heterocycles. The van der Waals surface area contributed by atoms with Crippen molar-refractivity contribution in [3.8, 4) is 5.69 Å². The van der Waals surface area contributed by atoms with Crippen molar-refractivity contribution in [2.45, 2.75) is 19.4 Å². The minimum atomic E-state index is -0.199. The first kappa shape index (κ1) is 19.7. The summed E-state index contributed by atoms with van der Waals surface area (Å²) < 4.78 is 7.09. The quantitative estimate of drug-likeness (QED) is 0.569. The first-order chi connectivity index (χ1) is 14.1. The van der Waals surface area contributed by atoms with Crippen LogP contribution in [0.15, 0.2) is 48.8 Å². The van der Waals surface area contributed by atoms with Gasteiger partial charge in [-0.2, -0.15) is 0 Å². The molecule has 0 atom stereocenters. The summed E-state index contributed by atoms with van der Waals surface area (Å²) in [6.07, 6.45) is 4.82. The molecule has 9 heteroatoms. The lowest BCUT2D eigenvalue weighted by molar-refractivity contribution is -0.150. The zero-order valence-electron chi connectivity index (χ0n) is 15.5. The fourth-order valence-corrected chi connectivity index (χ4v) is 3.48. The van der Waals surface area contributed by atoms with Crippen molar-refractivity contribution in [2.75, 3.05) is 18.0 Å². The second kappa shape index (κ2) is 8.80. The highest BCUT2D eigenvalue weighted by atomic mass is 35.5. The number of carbonyl (C=O) groups excluding carboxylic acids is 1. The first-order valence-electron chi connectivity index (χ1n) is 9.29. The lowest BCUT2D eigenvalue weighted by atomic mass is 9.97. The molecule has 0 bridgehead atoms. The maximum absolute atomic E-state index is 12.4. The summed E-state index contributed by atoms with van der Waals surface area (Å²) in [7, 11) is 0. The Morgan fingerprint density at radius 3 is 2.48 bits per heavy atom. The van der Waals surface area contributed by atoms with Crippen LogP contribution in [0.3, 0.4) is 0 Å². The van der Waals surface area contributed by atoms with Crippen molar-refractivity contribution in [3.05, 3.63) is 64.5 Å². The van der Waals surface area contributed by atoms with Crippen LogP contribution in [0.2, 0.25) is 10.0 Å². The standard InChI is InChI=1S/C20H19Cl2N5O2/c21-15-1-4-18(5-2-15)27-12-17(24-25-27)13-29-20(28)14-7-9-26(10-8-14)19-6-3-16(22)11-23-19/h1-6,11-12,14H,7-10,13H2. The monoisotopic (exact) mass is 431 g/mol. The zero-order valence-corrected chi connectivity index (χ0v) is 17.1. The van der Waals surface area contributed by atoms with Gasteiger partial charge in [-0.15, -0.1) is 5.10 Å². The molecule has 0 spiro atoms. The Balaban J connectivity index is 1.27. The molecule has 1 fully saturated rings. The third-order valence-electron chi connectivity index (χ3n) is 4.86. The normalized spacial score (nSPS) is 14.8. The molecule has 1 aliphatic rings. The van der Waals surface area contributed by atoms with Crippen LogP contribution in [-0.2, 0) is 16.1 Å². The molecule has 150 valence electrons. The predicted octanol–water partition coefficient (Wildman–Crippen LogP) is 3.93. The third-order valence-corrected chi connectivity index (χ3v) is 5.33. The second-order valence-electron chi connectivity index (χ2n) is 6.83. The Hall–Kier alpha value is -2.64. The number of esters is 1. The van der Waals surface area contributed by atoms with E-state index in [2.05, 4.69) is 20.2 Å². The third kappa shape index (κ3) is 4.86. The predicted molar refractivity (Wildman–Crippen MR) is 110 cm³/mol. The molecule has 1 saturated heterocycles. The molecule has 0 N–H and O–H groups in total.